The number of carbonyl (C=O) groups excluding carboxylic acids is 1. The topological polar surface area (TPSA) is 66.0 Å². The lowest BCUT2D eigenvalue weighted by atomic mass is 10.1. The van der Waals surface area contributed by atoms with Gasteiger partial charge in [0.2, 0.25) is 0 Å². The molecule has 1 N–H and O–H groups in total. The number of amides is 1. The first-order chi connectivity index (χ1) is 14.5. The average Bonchev–Trinajstić information content (AvgIpc) is 2.78. The molecule has 3 aromatic carbocycles. The molecule has 0 atom stereocenters. The number of hydrogen-bond donors (Lipinski definition) is 1. The van der Waals surface area contributed by atoms with E-state index in [1.807, 2.05) is 31.2 Å². The Hall–Kier alpha value is -3.67. The van der Waals surface area contributed by atoms with Gasteiger partial charge in [-0.3, -0.25) is 4.79 Å². The molecule has 0 bridgehead atoms. The van der Waals surface area contributed by atoms with Gasteiger partial charge in [0.05, 0.1) is 21.3 Å². The second kappa shape index (κ2) is 9.69. The predicted molar refractivity (Wildman–Crippen MR) is 116 cm³/mol. The van der Waals surface area contributed by atoms with E-state index in [0.717, 1.165) is 16.9 Å². The van der Waals surface area contributed by atoms with Gasteiger partial charge in [0.15, 0.2) is 11.5 Å². The summed E-state index contributed by atoms with van der Waals surface area (Å²) in [5, 5.41) is 2.87. The number of anilines is 1. The molecule has 0 spiro atoms. The van der Waals surface area contributed by atoms with Crippen molar-refractivity contribution in [3.63, 3.8) is 0 Å². The molecule has 0 fully saturated rings. The number of benzene rings is 3. The molecule has 1 amide bonds. The number of methoxy groups -OCH3 is 3. The minimum absolute atomic E-state index is 0.249. The zero-order chi connectivity index (χ0) is 21.5. The van der Waals surface area contributed by atoms with Crippen molar-refractivity contribution in [3.8, 4) is 23.0 Å². The Morgan fingerprint density at radius 3 is 2.13 bits per heavy atom. The first-order valence-corrected chi connectivity index (χ1v) is 9.44. The van der Waals surface area contributed by atoms with Gasteiger partial charge in [0, 0.05) is 22.9 Å². The minimum Gasteiger partial charge on any atom is -0.496 e. The molecule has 6 heteroatoms. The summed E-state index contributed by atoms with van der Waals surface area (Å²) in [6, 6.07) is 18.2. The molecule has 3 aromatic rings. The number of nitrogens with one attached hydrogen (secondary N) is 1. The van der Waals surface area contributed by atoms with Crippen molar-refractivity contribution in [1.29, 1.82) is 0 Å². The molecular weight excluding hydrogens is 382 g/mol. The lowest BCUT2D eigenvalue weighted by molar-refractivity contribution is 0.102. The normalized spacial score (nSPS) is 10.3. The van der Waals surface area contributed by atoms with Crippen LogP contribution in [0, 0.1) is 6.92 Å². The fraction of sp³-hybridized carbons (Fsp3) is 0.208. The van der Waals surface area contributed by atoms with E-state index in [9.17, 15) is 4.79 Å². The fourth-order valence-electron chi connectivity index (χ4n) is 2.95. The Kier molecular flexibility index (Phi) is 6.80. The smallest absolute Gasteiger partial charge is 0.255 e. The quantitative estimate of drug-likeness (QED) is 0.578. The third-order valence-corrected chi connectivity index (χ3v) is 4.60. The largest absolute Gasteiger partial charge is 0.496 e. The summed E-state index contributed by atoms with van der Waals surface area (Å²) in [4.78, 5) is 12.8. The van der Waals surface area contributed by atoms with E-state index in [2.05, 4.69) is 5.32 Å². The number of ether oxygens (including phenoxy) is 4. The first kappa shape index (κ1) is 21.0. The Morgan fingerprint density at radius 1 is 0.800 bits per heavy atom. The van der Waals surface area contributed by atoms with Gasteiger partial charge >= 0.3 is 0 Å². The fourth-order valence-corrected chi connectivity index (χ4v) is 2.95. The van der Waals surface area contributed by atoms with Crippen LogP contribution in [0.3, 0.4) is 0 Å². The van der Waals surface area contributed by atoms with Crippen molar-refractivity contribution in [2.24, 2.45) is 0 Å². The van der Waals surface area contributed by atoms with Crippen LogP contribution in [-0.2, 0) is 6.61 Å². The summed E-state index contributed by atoms with van der Waals surface area (Å²) in [5.41, 5.74) is 3.03. The maximum absolute atomic E-state index is 12.8. The third-order valence-electron chi connectivity index (χ3n) is 4.60. The highest BCUT2D eigenvalue weighted by molar-refractivity contribution is 6.04. The Bertz CT molecular complexity index is 1010. The van der Waals surface area contributed by atoms with E-state index < -0.39 is 0 Å². The van der Waals surface area contributed by atoms with E-state index in [0.29, 0.717) is 28.5 Å². The summed E-state index contributed by atoms with van der Waals surface area (Å²) >= 11 is 0. The highest BCUT2D eigenvalue weighted by atomic mass is 16.5. The molecular formula is C24H25NO5. The number of carbonyl (C=O) groups is 1. The lowest BCUT2D eigenvalue weighted by Crippen LogP contribution is -2.13. The van der Waals surface area contributed by atoms with Gasteiger partial charge < -0.3 is 24.3 Å². The van der Waals surface area contributed by atoms with Crippen LogP contribution in [-0.4, -0.2) is 27.2 Å². The zero-order valence-corrected chi connectivity index (χ0v) is 17.5. The van der Waals surface area contributed by atoms with Gasteiger partial charge in [-0.1, -0.05) is 17.7 Å². The summed E-state index contributed by atoms with van der Waals surface area (Å²) < 4.78 is 21.8. The maximum Gasteiger partial charge on any atom is 0.255 e. The van der Waals surface area contributed by atoms with Gasteiger partial charge in [0.25, 0.3) is 5.91 Å². The zero-order valence-electron chi connectivity index (χ0n) is 17.5. The van der Waals surface area contributed by atoms with Crippen molar-refractivity contribution < 1.29 is 23.7 Å². The molecule has 0 saturated heterocycles. The Balaban J connectivity index is 1.76. The van der Waals surface area contributed by atoms with E-state index in [-0.39, 0.29) is 12.5 Å². The minimum atomic E-state index is -0.249. The second-order valence-electron chi connectivity index (χ2n) is 6.65. The molecule has 0 aromatic heterocycles. The number of rotatable bonds is 8. The number of aryl methyl sites for hydroxylation is 1. The van der Waals surface area contributed by atoms with Crippen molar-refractivity contribution in [2.45, 2.75) is 13.5 Å². The van der Waals surface area contributed by atoms with Crippen LogP contribution in [0.5, 0.6) is 23.0 Å². The van der Waals surface area contributed by atoms with Crippen LogP contribution in [0.15, 0.2) is 60.7 Å². The predicted octanol–water partition coefficient (Wildman–Crippen LogP) is 4.85. The molecule has 6 nitrogen and oxygen atoms in total. The third kappa shape index (κ3) is 5.03. The van der Waals surface area contributed by atoms with Gasteiger partial charge in [-0.25, -0.2) is 0 Å². The van der Waals surface area contributed by atoms with Crippen molar-refractivity contribution in [1.82, 2.24) is 0 Å². The van der Waals surface area contributed by atoms with Crippen molar-refractivity contribution >= 4 is 11.6 Å². The molecule has 0 aliphatic rings. The Labute approximate surface area is 176 Å². The molecule has 0 aliphatic heterocycles. The highest BCUT2D eigenvalue weighted by Gasteiger charge is 2.13. The second-order valence-corrected chi connectivity index (χ2v) is 6.65. The molecule has 0 unspecified atom stereocenters. The Morgan fingerprint density at radius 2 is 1.47 bits per heavy atom. The molecule has 156 valence electrons. The standard InChI is InChI=1S/C24H25NO5/c1-16-5-9-20(10-6-16)30-15-18-13-17(7-11-21(18)27-2)24(26)25-19-8-12-22(28-3)23(14-19)29-4/h5-14H,15H2,1-4H3,(H,25,26). The molecule has 0 saturated carbocycles. The monoisotopic (exact) mass is 407 g/mol. The van der Waals surface area contributed by atoms with Crippen LogP contribution >= 0.6 is 0 Å². The van der Waals surface area contributed by atoms with Crippen molar-refractivity contribution in [2.75, 3.05) is 26.6 Å². The highest BCUT2D eigenvalue weighted by Crippen LogP contribution is 2.30. The first-order valence-electron chi connectivity index (χ1n) is 9.44. The number of hydrogen-bond acceptors (Lipinski definition) is 5. The molecule has 0 radical (unpaired) electrons. The van der Waals surface area contributed by atoms with Gasteiger partial charge in [0.1, 0.15) is 18.1 Å². The summed E-state index contributed by atoms with van der Waals surface area (Å²) in [6.45, 7) is 2.30. The van der Waals surface area contributed by atoms with Crippen LogP contribution in [0.4, 0.5) is 5.69 Å². The van der Waals surface area contributed by atoms with Crippen molar-refractivity contribution in [3.05, 3.63) is 77.4 Å². The van der Waals surface area contributed by atoms with E-state index in [4.69, 9.17) is 18.9 Å². The lowest BCUT2D eigenvalue weighted by Gasteiger charge is -2.13. The van der Waals surface area contributed by atoms with E-state index >= 15 is 0 Å². The molecule has 30 heavy (non-hydrogen) atoms. The van der Waals surface area contributed by atoms with E-state index in [1.54, 1.807) is 57.7 Å². The SMILES string of the molecule is COc1ccc(C(=O)Nc2ccc(OC)c(OC)c2)cc1COc1ccc(C)cc1. The molecule has 3 rings (SSSR count). The molecule has 0 aliphatic carbocycles. The van der Waals surface area contributed by atoms with E-state index in [1.165, 1.54) is 0 Å². The van der Waals surface area contributed by atoms with Gasteiger partial charge in [-0.05, 0) is 49.4 Å². The van der Waals surface area contributed by atoms with Crippen LogP contribution in [0.2, 0.25) is 0 Å². The van der Waals surface area contributed by atoms with Crippen LogP contribution in [0.1, 0.15) is 21.5 Å². The van der Waals surface area contributed by atoms with Gasteiger partial charge in [-0.15, -0.1) is 0 Å². The van der Waals surface area contributed by atoms with Crippen LogP contribution < -0.4 is 24.3 Å². The molecule has 0 heterocycles. The summed E-state index contributed by atoms with van der Waals surface area (Å²) in [5.74, 6) is 2.29. The maximum atomic E-state index is 12.8. The average molecular weight is 407 g/mol. The summed E-state index contributed by atoms with van der Waals surface area (Å²) in [6.07, 6.45) is 0. The van der Waals surface area contributed by atoms with Gasteiger partial charge in [-0.2, -0.15) is 0 Å². The van der Waals surface area contributed by atoms with Crippen LogP contribution in [0.25, 0.3) is 0 Å². The summed E-state index contributed by atoms with van der Waals surface area (Å²) in [7, 11) is 4.70.